The van der Waals surface area contributed by atoms with Gasteiger partial charge in [0.25, 0.3) is 0 Å². The zero-order chi connectivity index (χ0) is 20.7. The third-order valence-electron chi connectivity index (χ3n) is 9.54. The van der Waals surface area contributed by atoms with Gasteiger partial charge in [0.05, 0.1) is 0 Å². The Morgan fingerprint density at radius 1 is 0.900 bits per heavy atom. The van der Waals surface area contributed by atoms with Gasteiger partial charge in [-0.3, -0.25) is 9.59 Å². The summed E-state index contributed by atoms with van der Waals surface area (Å²) in [6.07, 6.45) is 16.1. The van der Waals surface area contributed by atoms with Crippen LogP contribution in [0.1, 0.15) is 96.8 Å². The van der Waals surface area contributed by atoms with Crippen molar-refractivity contribution in [3.63, 3.8) is 0 Å². The molecule has 4 nitrogen and oxygen atoms in total. The maximum absolute atomic E-state index is 13.3. The molecule has 1 saturated heterocycles. The second kappa shape index (κ2) is 8.47. The van der Waals surface area contributed by atoms with Crippen molar-refractivity contribution < 1.29 is 9.59 Å². The van der Waals surface area contributed by atoms with Gasteiger partial charge in [0, 0.05) is 32.0 Å². The van der Waals surface area contributed by atoms with Gasteiger partial charge in [-0.2, -0.15) is 0 Å². The fourth-order valence-corrected chi connectivity index (χ4v) is 8.30. The number of carbonyl (C=O) groups excluding carboxylic acids is 2. The van der Waals surface area contributed by atoms with Crippen LogP contribution in [-0.2, 0) is 9.59 Å². The normalized spacial score (nSPS) is 39.7. The molecule has 4 bridgehead atoms. The van der Waals surface area contributed by atoms with E-state index in [4.69, 9.17) is 0 Å². The Morgan fingerprint density at radius 2 is 1.57 bits per heavy atom. The topological polar surface area (TPSA) is 49.4 Å². The zero-order valence-electron chi connectivity index (χ0n) is 19.0. The van der Waals surface area contributed by atoms with Crippen molar-refractivity contribution in [2.45, 2.75) is 103 Å². The first kappa shape index (κ1) is 20.8. The number of piperidine rings is 1. The molecule has 2 amide bonds. The molecule has 1 aliphatic heterocycles. The maximum Gasteiger partial charge on any atom is 0.223 e. The molecule has 5 saturated carbocycles. The number of hydrogen-bond donors (Lipinski definition) is 1. The largest absolute Gasteiger partial charge is 0.353 e. The Bertz CT molecular complexity index is 625. The monoisotopic (exact) mass is 414 g/mol. The lowest BCUT2D eigenvalue weighted by atomic mass is 9.54. The molecule has 0 aromatic heterocycles. The minimum absolute atomic E-state index is 0.0913. The molecule has 6 aliphatic rings. The second-order valence-electron chi connectivity index (χ2n) is 12.0. The third kappa shape index (κ3) is 4.30. The van der Waals surface area contributed by atoms with E-state index in [1.807, 2.05) is 0 Å². The highest BCUT2D eigenvalue weighted by molar-refractivity contribution is 5.81. The number of carbonyl (C=O) groups is 2. The van der Waals surface area contributed by atoms with Crippen LogP contribution in [0.3, 0.4) is 0 Å². The Morgan fingerprint density at radius 3 is 2.20 bits per heavy atom. The van der Waals surface area contributed by atoms with Gasteiger partial charge in [-0.25, -0.2) is 0 Å². The van der Waals surface area contributed by atoms with E-state index in [1.54, 1.807) is 0 Å². The summed E-state index contributed by atoms with van der Waals surface area (Å²) in [7, 11) is 0. The Kier molecular flexibility index (Phi) is 5.88. The van der Waals surface area contributed by atoms with E-state index in [-0.39, 0.29) is 11.3 Å². The summed E-state index contributed by atoms with van der Waals surface area (Å²) in [5.41, 5.74) is -0.0913. The minimum atomic E-state index is -0.0913. The number of rotatable bonds is 5. The summed E-state index contributed by atoms with van der Waals surface area (Å²) in [6, 6.07) is 0.421. The van der Waals surface area contributed by atoms with Crippen LogP contribution in [0.4, 0.5) is 0 Å². The quantitative estimate of drug-likeness (QED) is 0.694. The minimum Gasteiger partial charge on any atom is -0.353 e. The van der Waals surface area contributed by atoms with Gasteiger partial charge in [-0.1, -0.05) is 26.2 Å². The summed E-state index contributed by atoms with van der Waals surface area (Å²) in [5.74, 6) is 4.50. The first-order valence-corrected chi connectivity index (χ1v) is 13.1. The van der Waals surface area contributed by atoms with E-state index in [1.165, 1.54) is 57.8 Å². The van der Waals surface area contributed by atoms with Crippen LogP contribution < -0.4 is 5.32 Å². The SMILES string of the molecule is C[C@@H]1CCCN(C(=O)CC2(CC(=O)NC3C4CC5CC(C4)CC3C5)CCCCC2)C1. The molecular weight excluding hydrogens is 372 g/mol. The smallest absolute Gasteiger partial charge is 0.223 e. The van der Waals surface area contributed by atoms with Crippen molar-refractivity contribution in [2.24, 2.45) is 35.0 Å². The van der Waals surface area contributed by atoms with Gasteiger partial charge in [-0.15, -0.1) is 0 Å². The summed E-state index contributed by atoms with van der Waals surface area (Å²) in [5, 5.41) is 3.53. The number of amides is 2. The number of nitrogens with zero attached hydrogens (tertiary/aromatic N) is 1. The molecule has 4 heteroatoms. The maximum atomic E-state index is 13.3. The fraction of sp³-hybridized carbons (Fsp3) is 0.923. The third-order valence-corrected chi connectivity index (χ3v) is 9.54. The highest BCUT2D eigenvalue weighted by atomic mass is 16.2. The van der Waals surface area contributed by atoms with Crippen molar-refractivity contribution >= 4 is 11.8 Å². The van der Waals surface area contributed by atoms with Crippen LogP contribution in [0.15, 0.2) is 0 Å². The van der Waals surface area contributed by atoms with Crippen LogP contribution in [0, 0.1) is 35.0 Å². The first-order chi connectivity index (χ1) is 14.5. The molecule has 168 valence electrons. The Hall–Kier alpha value is -1.06. The van der Waals surface area contributed by atoms with Crippen molar-refractivity contribution in [2.75, 3.05) is 13.1 Å². The number of nitrogens with one attached hydrogen (secondary N) is 1. The summed E-state index contributed by atoms with van der Waals surface area (Å²) >= 11 is 0. The molecule has 0 aromatic rings. The van der Waals surface area contributed by atoms with Crippen LogP contribution in [0.5, 0.6) is 0 Å². The van der Waals surface area contributed by atoms with Gasteiger partial charge in [0.2, 0.25) is 11.8 Å². The predicted molar refractivity (Wildman–Crippen MR) is 119 cm³/mol. The van der Waals surface area contributed by atoms with Crippen LogP contribution in [0.2, 0.25) is 0 Å². The van der Waals surface area contributed by atoms with Gasteiger partial charge in [-0.05, 0) is 92.8 Å². The van der Waals surface area contributed by atoms with Gasteiger partial charge in [0.1, 0.15) is 0 Å². The first-order valence-electron chi connectivity index (χ1n) is 13.1. The van der Waals surface area contributed by atoms with Crippen molar-refractivity contribution in [3.05, 3.63) is 0 Å². The molecule has 1 heterocycles. The number of hydrogen-bond acceptors (Lipinski definition) is 2. The molecule has 0 unspecified atom stereocenters. The Balaban J connectivity index is 1.22. The molecule has 5 aliphatic carbocycles. The van der Waals surface area contributed by atoms with Crippen molar-refractivity contribution in [3.8, 4) is 0 Å². The highest BCUT2D eigenvalue weighted by Crippen LogP contribution is 2.54. The molecule has 1 N–H and O–H groups in total. The number of likely N-dealkylation sites (tertiary alicyclic amines) is 1. The molecule has 6 fully saturated rings. The predicted octanol–water partition coefficient (Wildman–Crippen LogP) is 4.92. The van der Waals surface area contributed by atoms with Gasteiger partial charge in [0.15, 0.2) is 0 Å². The summed E-state index contributed by atoms with van der Waals surface area (Å²) in [4.78, 5) is 28.6. The molecule has 1 atom stereocenters. The van der Waals surface area contributed by atoms with E-state index in [0.717, 1.165) is 56.0 Å². The summed E-state index contributed by atoms with van der Waals surface area (Å²) in [6.45, 7) is 4.09. The van der Waals surface area contributed by atoms with Crippen molar-refractivity contribution in [1.82, 2.24) is 10.2 Å². The molecule has 6 rings (SSSR count). The Labute approximate surface area is 182 Å². The lowest BCUT2D eigenvalue weighted by molar-refractivity contribution is -0.137. The van der Waals surface area contributed by atoms with Gasteiger partial charge < -0.3 is 10.2 Å². The molecular formula is C26H42N2O2. The van der Waals surface area contributed by atoms with E-state index in [9.17, 15) is 9.59 Å². The van der Waals surface area contributed by atoms with Gasteiger partial charge >= 0.3 is 0 Å². The summed E-state index contributed by atoms with van der Waals surface area (Å²) < 4.78 is 0. The van der Waals surface area contributed by atoms with E-state index in [0.29, 0.717) is 30.7 Å². The molecule has 0 radical (unpaired) electrons. The van der Waals surface area contributed by atoms with Crippen molar-refractivity contribution in [1.29, 1.82) is 0 Å². The van der Waals surface area contributed by atoms with E-state index in [2.05, 4.69) is 17.1 Å². The highest BCUT2D eigenvalue weighted by Gasteiger charge is 2.49. The lowest BCUT2D eigenvalue weighted by Gasteiger charge is -2.54. The van der Waals surface area contributed by atoms with E-state index >= 15 is 0 Å². The standard InChI is InChI=1S/C26H42N2O2/c1-18-6-5-9-28(17-18)24(30)16-26(7-3-2-4-8-26)15-23(29)27-25-21-11-19-10-20(13-21)14-22(25)12-19/h18-22,25H,2-17H2,1H3,(H,27,29)/t18-,19?,20?,21?,22?,25?/m1/s1. The van der Waals surface area contributed by atoms with Crippen LogP contribution >= 0.6 is 0 Å². The van der Waals surface area contributed by atoms with Crippen LogP contribution in [0.25, 0.3) is 0 Å². The average molecular weight is 415 g/mol. The second-order valence-corrected chi connectivity index (χ2v) is 12.0. The zero-order valence-corrected chi connectivity index (χ0v) is 19.0. The van der Waals surface area contributed by atoms with E-state index < -0.39 is 0 Å². The fourth-order valence-electron chi connectivity index (χ4n) is 8.30. The molecule has 0 spiro atoms. The average Bonchev–Trinajstić information content (AvgIpc) is 2.70. The molecule has 0 aromatic carbocycles. The van der Waals surface area contributed by atoms with Crippen LogP contribution in [-0.4, -0.2) is 35.8 Å². The lowest BCUT2D eigenvalue weighted by Crippen LogP contribution is -2.56. The molecule has 30 heavy (non-hydrogen) atoms.